The van der Waals surface area contributed by atoms with Crippen molar-refractivity contribution in [3.63, 3.8) is 0 Å². The van der Waals surface area contributed by atoms with E-state index in [1.807, 2.05) is 31.2 Å². The van der Waals surface area contributed by atoms with Gasteiger partial charge in [0.25, 0.3) is 0 Å². The van der Waals surface area contributed by atoms with Gasteiger partial charge in [0.2, 0.25) is 5.82 Å². The number of ether oxygens (including phenoxy) is 1. The summed E-state index contributed by atoms with van der Waals surface area (Å²) in [5.41, 5.74) is 4.31. The molecule has 0 N–H and O–H groups in total. The van der Waals surface area contributed by atoms with Crippen molar-refractivity contribution in [3.8, 4) is 28.0 Å². The van der Waals surface area contributed by atoms with Gasteiger partial charge in [-0.05, 0) is 47.2 Å². The number of unbranched alkanes of at least 4 members (excludes halogenated alkanes) is 1. The van der Waals surface area contributed by atoms with Crippen LogP contribution in [-0.2, 0) is 6.42 Å². The summed E-state index contributed by atoms with van der Waals surface area (Å²) in [7, 11) is 0. The van der Waals surface area contributed by atoms with E-state index >= 15 is 0 Å². The molecule has 0 aliphatic carbocycles. The molecule has 0 aliphatic rings. The Labute approximate surface area is 159 Å². The molecule has 1 nitrogen and oxygen atoms in total. The molecule has 3 aromatic rings. The Balaban J connectivity index is 1.83. The molecule has 0 saturated carbocycles. The van der Waals surface area contributed by atoms with Crippen LogP contribution in [0.5, 0.6) is 5.75 Å². The van der Waals surface area contributed by atoms with Crippen LogP contribution in [0.1, 0.15) is 32.3 Å². The molecule has 0 amide bonds. The number of halogens is 2. The molecule has 27 heavy (non-hydrogen) atoms. The second-order valence-electron chi connectivity index (χ2n) is 6.57. The number of hydrogen-bond acceptors (Lipinski definition) is 1. The first-order chi connectivity index (χ1) is 13.1. The lowest BCUT2D eigenvalue weighted by molar-refractivity contribution is 0.289. The van der Waals surface area contributed by atoms with Crippen LogP contribution < -0.4 is 4.74 Å². The minimum absolute atomic E-state index is 0.0302. The zero-order valence-corrected chi connectivity index (χ0v) is 15.8. The molecule has 0 unspecified atom stereocenters. The SMILES string of the molecule is CCCCOc1ccc(-c2ccc(-c3ccc(CC)cc3)cc2)c(F)c1F. The van der Waals surface area contributed by atoms with Crippen molar-refractivity contribution in [2.24, 2.45) is 0 Å². The number of aryl methyl sites for hydroxylation is 1. The lowest BCUT2D eigenvalue weighted by atomic mass is 9.99. The normalized spacial score (nSPS) is 10.8. The summed E-state index contributed by atoms with van der Waals surface area (Å²) in [5, 5.41) is 0. The molecular weight excluding hydrogens is 342 g/mol. The number of rotatable bonds is 7. The van der Waals surface area contributed by atoms with Crippen LogP contribution in [0.3, 0.4) is 0 Å². The van der Waals surface area contributed by atoms with Crippen molar-refractivity contribution >= 4 is 0 Å². The molecule has 0 saturated heterocycles. The summed E-state index contributed by atoms with van der Waals surface area (Å²) in [6.45, 7) is 4.53. The van der Waals surface area contributed by atoms with Crippen LogP contribution in [0.4, 0.5) is 8.78 Å². The minimum Gasteiger partial charge on any atom is -0.490 e. The first kappa shape index (κ1) is 19.1. The van der Waals surface area contributed by atoms with Crippen molar-refractivity contribution < 1.29 is 13.5 Å². The maximum absolute atomic E-state index is 14.5. The molecule has 0 fully saturated rings. The van der Waals surface area contributed by atoms with E-state index in [2.05, 4.69) is 31.2 Å². The quantitative estimate of drug-likeness (QED) is 0.407. The van der Waals surface area contributed by atoms with Gasteiger partial charge < -0.3 is 4.74 Å². The van der Waals surface area contributed by atoms with Crippen LogP contribution >= 0.6 is 0 Å². The predicted molar refractivity (Wildman–Crippen MR) is 107 cm³/mol. The summed E-state index contributed by atoms with van der Waals surface area (Å²) >= 11 is 0. The highest BCUT2D eigenvalue weighted by Crippen LogP contribution is 2.31. The molecule has 0 heterocycles. The Morgan fingerprint density at radius 1 is 0.704 bits per heavy atom. The number of benzene rings is 3. The van der Waals surface area contributed by atoms with Crippen LogP contribution in [0.2, 0.25) is 0 Å². The van der Waals surface area contributed by atoms with E-state index in [0.29, 0.717) is 12.2 Å². The molecule has 0 atom stereocenters. The topological polar surface area (TPSA) is 9.23 Å². The van der Waals surface area contributed by atoms with Gasteiger partial charge in [0.15, 0.2) is 11.6 Å². The second-order valence-corrected chi connectivity index (χ2v) is 6.57. The van der Waals surface area contributed by atoms with E-state index in [4.69, 9.17) is 4.74 Å². The molecular formula is C24H24F2O. The fourth-order valence-corrected chi connectivity index (χ4v) is 2.97. The second kappa shape index (κ2) is 8.81. The van der Waals surface area contributed by atoms with Gasteiger partial charge in [-0.3, -0.25) is 0 Å². The van der Waals surface area contributed by atoms with E-state index in [-0.39, 0.29) is 11.3 Å². The van der Waals surface area contributed by atoms with Crippen molar-refractivity contribution in [1.29, 1.82) is 0 Å². The van der Waals surface area contributed by atoms with E-state index in [1.165, 1.54) is 11.6 Å². The average molecular weight is 366 g/mol. The molecule has 3 rings (SSSR count). The minimum atomic E-state index is -0.928. The van der Waals surface area contributed by atoms with Crippen LogP contribution in [0.25, 0.3) is 22.3 Å². The predicted octanol–water partition coefficient (Wildman–Crippen LogP) is 7.04. The highest BCUT2D eigenvalue weighted by Gasteiger charge is 2.15. The van der Waals surface area contributed by atoms with Gasteiger partial charge >= 0.3 is 0 Å². The van der Waals surface area contributed by atoms with Gasteiger partial charge in [-0.25, -0.2) is 4.39 Å². The molecule has 3 heteroatoms. The third-order valence-electron chi connectivity index (χ3n) is 4.69. The first-order valence-electron chi connectivity index (χ1n) is 9.44. The van der Waals surface area contributed by atoms with Crippen LogP contribution in [-0.4, -0.2) is 6.61 Å². The smallest absolute Gasteiger partial charge is 0.201 e. The Morgan fingerprint density at radius 2 is 1.30 bits per heavy atom. The first-order valence-corrected chi connectivity index (χ1v) is 9.44. The molecule has 0 spiro atoms. The van der Waals surface area contributed by atoms with Crippen molar-refractivity contribution in [2.75, 3.05) is 6.61 Å². The van der Waals surface area contributed by atoms with Gasteiger partial charge in [0, 0.05) is 5.56 Å². The highest BCUT2D eigenvalue weighted by atomic mass is 19.2. The third kappa shape index (κ3) is 4.36. The highest BCUT2D eigenvalue weighted by molar-refractivity contribution is 5.71. The lowest BCUT2D eigenvalue weighted by Crippen LogP contribution is -2.01. The maximum atomic E-state index is 14.5. The van der Waals surface area contributed by atoms with Gasteiger partial charge in [0.1, 0.15) is 0 Å². The lowest BCUT2D eigenvalue weighted by Gasteiger charge is -2.11. The van der Waals surface area contributed by atoms with Crippen molar-refractivity contribution in [2.45, 2.75) is 33.1 Å². The molecule has 0 aromatic heterocycles. The van der Waals surface area contributed by atoms with E-state index in [0.717, 1.165) is 30.4 Å². The molecule has 0 bridgehead atoms. The summed E-state index contributed by atoms with van der Waals surface area (Å²) in [5.74, 6) is -1.83. The summed E-state index contributed by atoms with van der Waals surface area (Å²) in [6.07, 6.45) is 2.75. The van der Waals surface area contributed by atoms with Crippen molar-refractivity contribution in [3.05, 3.63) is 77.9 Å². The van der Waals surface area contributed by atoms with Gasteiger partial charge in [-0.2, -0.15) is 4.39 Å². The zero-order valence-electron chi connectivity index (χ0n) is 15.8. The molecule has 0 aliphatic heterocycles. The third-order valence-corrected chi connectivity index (χ3v) is 4.69. The van der Waals surface area contributed by atoms with E-state index in [9.17, 15) is 8.78 Å². The van der Waals surface area contributed by atoms with Crippen LogP contribution in [0.15, 0.2) is 60.7 Å². The van der Waals surface area contributed by atoms with Gasteiger partial charge in [-0.15, -0.1) is 0 Å². The van der Waals surface area contributed by atoms with Crippen molar-refractivity contribution in [1.82, 2.24) is 0 Å². The number of hydrogen-bond donors (Lipinski definition) is 0. The Hall–Kier alpha value is -2.68. The maximum Gasteiger partial charge on any atom is 0.201 e. The Kier molecular flexibility index (Phi) is 6.23. The largest absolute Gasteiger partial charge is 0.490 e. The monoisotopic (exact) mass is 366 g/mol. The summed E-state index contributed by atoms with van der Waals surface area (Å²) < 4.78 is 34.1. The molecule has 140 valence electrons. The molecule has 3 aromatic carbocycles. The van der Waals surface area contributed by atoms with Gasteiger partial charge in [-0.1, -0.05) is 68.8 Å². The fraction of sp³-hybridized carbons (Fsp3) is 0.250. The average Bonchev–Trinajstić information content (AvgIpc) is 2.72. The standard InChI is InChI=1S/C24H24F2O/c1-3-5-16-27-22-15-14-21(23(25)24(22)26)20-12-10-19(11-13-20)18-8-6-17(4-2)7-9-18/h6-15H,3-5,16H2,1-2H3. The van der Waals surface area contributed by atoms with E-state index in [1.54, 1.807) is 6.07 Å². The van der Waals surface area contributed by atoms with Gasteiger partial charge in [0.05, 0.1) is 6.61 Å². The Morgan fingerprint density at radius 3 is 1.89 bits per heavy atom. The molecule has 0 radical (unpaired) electrons. The van der Waals surface area contributed by atoms with E-state index < -0.39 is 11.6 Å². The Bertz CT molecular complexity index is 884. The van der Waals surface area contributed by atoms with Crippen LogP contribution in [0, 0.1) is 11.6 Å². The fourth-order valence-electron chi connectivity index (χ4n) is 2.97. The summed E-state index contributed by atoms with van der Waals surface area (Å²) in [6, 6.07) is 18.9. The summed E-state index contributed by atoms with van der Waals surface area (Å²) in [4.78, 5) is 0. The zero-order chi connectivity index (χ0) is 19.2.